The molecule has 3 aromatic carbocycles. The van der Waals surface area contributed by atoms with Crippen molar-refractivity contribution >= 4 is 22.9 Å². The van der Waals surface area contributed by atoms with E-state index in [4.69, 9.17) is 4.99 Å². The number of nitrogens with one attached hydrogen (secondary N) is 1. The fourth-order valence-corrected chi connectivity index (χ4v) is 3.05. The molecule has 28 heavy (non-hydrogen) atoms. The highest BCUT2D eigenvalue weighted by atomic mass is 16.6. The lowest BCUT2D eigenvalue weighted by Crippen LogP contribution is -2.19. The molecular weight excluding hydrogens is 352 g/mol. The zero-order valence-electron chi connectivity index (χ0n) is 15.5. The molecule has 138 valence electrons. The van der Waals surface area contributed by atoms with Crippen molar-refractivity contribution in [2.24, 2.45) is 10.1 Å². The van der Waals surface area contributed by atoms with Crippen LogP contribution in [0.4, 0.5) is 11.4 Å². The van der Waals surface area contributed by atoms with Crippen LogP contribution in [0.5, 0.6) is 0 Å². The average molecular weight is 370 g/mol. The van der Waals surface area contributed by atoms with Gasteiger partial charge in [-0.25, -0.2) is 4.99 Å². The molecule has 0 unspecified atom stereocenters. The summed E-state index contributed by atoms with van der Waals surface area (Å²) < 4.78 is 0. The second-order valence-electron chi connectivity index (χ2n) is 6.72. The summed E-state index contributed by atoms with van der Waals surface area (Å²) in [7, 11) is 0. The van der Waals surface area contributed by atoms with Crippen LogP contribution in [0.2, 0.25) is 0 Å². The number of fused-ring (bicyclic) bond motifs is 1. The van der Waals surface area contributed by atoms with E-state index in [0.717, 1.165) is 27.9 Å². The van der Waals surface area contributed by atoms with E-state index in [9.17, 15) is 10.1 Å². The van der Waals surface area contributed by atoms with Gasteiger partial charge in [-0.3, -0.25) is 15.5 Å². The summed E-state index contributed by atoms with van der Waals surface area (Å²) in [5.74, 6) is 0.655. The minimum Gasteiger partial charge on any atom is -0.260 e. The third kappa shape index (κ3) is 3.40. The van der Waals surface area contributed by atoms with E-state index in [2.05, 4.69) is 10.5 Å². The number of nitro benzene ring substituents is 1. The molecule has 6 heteroatoms. The molecule has 4 rings (SSSR count). The van der Waals surface area contributed by atoms with Gasteiger partial charge in [0.1, 0.15) is 0 Å². The normalized spacial score (nSPS) is 12.9. The molecule has 1 N–H and O–H groups in total. The molecule has 0 saturated carbocycles. The number of aliphatic imine (C=N–C) groups is 1. The molecule has 0 spiro atoms. The first-order valence-corrected chi connectivity index (χ1v) is 8.86. The topological polar surface area (TPSA) is 79.9 Å². The number of hydrazone groups is 1. The lowest BCUT2D eigenvalue weighted by atomic mass is 9.99. The fraction of sp³-hybridized carbons (Fsp3) is 0.0909. The van der Waals surface area contributed by atoms with Gasteiger partial charge in [-0.05, 0) is 38.1 Å². The van der Waals surface area contributed by atoms with E-state index >= 15 is 0 Å². The van der Waals surface area contributed by atoms with Crippen LogP contribution >= 0.6 is 0 Å². The van der Waals surface area contributed by atoms with E-state index in [1.807, 2.05) is 56.3 Å². The summed E-state index contributed by atoms with van der Waals surface area (Å²) in [6.45, 7) is 4.05. The van der Waals surface area contributed by atoms with Gasteiger partial charge in [0.05, 0.1) is 16.3 Å². The monoisotopic (exact) mass is 370 g/mol. The van der Waals surface area contributed by atoms with E-state index in [1.54, 1.807) is 12.1 Å². The zero-order chi connectivity index (χ0) is 19.7. The van der Waals surface area contributed by atoms with Crippen LogP contribution in [0.15, 0.2) is 76.8 Å². The predicted molar refractivity (Wildman–Crippen MR) is 110 cm³/mol. The lowest BCUT2D eigenvalue weighted by Gasteiger charge is -2.08. The summed E-state index contributed by atoms with van der Waals surface area (Å²) in [5, 5.41) is 15.6. The van der Waals surface area contributed by atoms with Gasteiger partial charge < -0.3 is 0 Å². The average Bonchev–Trinajstić information content (AvgIpc) is 2.88. The number of non-ortho nitro benzene ring substituents is 1. The van der Waals surface area contributed by atoms with Crippen LogP contribution in [-0.2, 0) is 0 Å². The first kappa shape index (κ1) is 17.6. The number of benzene rings is 3. The third-order valence-electron chi connectivity index (χ3n) is 4.59. The fourth-order valence-electron chi connectivity index (χ4n) is 3.05. The highest BCUT2D eigenvalue weighted by Crippen LogP contribution is 2.27. The van der Waals surface area contributed by atoms with Gasteiger partial charge in [0.25, 0.3) is 5.69 Å². The number of amidine groups is 1. The first-order chi connectivity index (χ1) is 13.5. The molecule has 3 aromatic rings. The Kier molecular flexibility index (Phi) is 4.45. The Bertz CT molecular complexity index is 1110. The lowest BCUT2D eigenvalue weighted by molar-refractivity contribution is -0.384. The van der Waals surface area contributed by atoms with E-state index < -0.39 is 4.92 Å². The number of hydrogen-bond donors (Lipinski definition) is 1. The van der Waals surface area contributed by atoms with Crippen molar-refractivity contribution in [3.63, 3.8) is 0 Å². The van der Waals surface area contributed by atoms with Crippen LogP contribution in [0.1, 0.15) is 27.8 Å². The summed E-state index contributed by atoms with van der Waals surface area (Å²) in [5.41, 5.74) is 9.46. The second kappa shape index (κ2) is 7.08. The maximum atomic E-state index is 11.0. The predicted octanol–water partition coefficient (Wildman–Crippen LogP) is 4.65. The molecule has 0 saturated heterocycles. The van der Waals surface area contributed by atoms with Crippen molar-refractivity contribution in [1.82, 2.24) is 5.43 Å². The molecule has 0 bridgehead atoms. The van der Waals surface area contributed by atoms with Crippen molar-refractivity contribution in [3.05, 3.63) is 105 Å². The van der Waals surface area contributed by atoms with Gasteiger partial charge in [-0.15, -0.1) is 0 Å². The highest BCUT2D eigenvalue weighted by Gasteiger charge is 2.18. The van der Waals surface area contributed by atoms with E-state index in [0.29, 0.717) is 11.5 Å². The minimum absolute atomic E-state index is 0.0481. The molecule has 1 aliphatic rings. The highest BCUT2D eigenvalue weighted by molar-refractivity contribution is 6.18. The molecule has 0 atom stereocenters. The van der Waals surface area contributed by atoms with Gasteiger partial charge in [-0.2, -0.15) is 5.10 Å². The van der Waals surface area contributed by atoms with E-state index in [1.165, 1.54) is 17.7 Å². The summed E-state index contributed by atoms with van der Waals surface area (Å²) in [4.78, 5) is 15.3. The Morgan fingerprint density at radius 3 is 2.18 bits per heavy atom. The van der Waals surface area contributed by atoms with Crippen LogP contribution in [0, 0.1) is 24.0 Å². The Balaban J connectivity index is 1.82. The zero-order valence-corrected chi connectivity index (χ0v) is 15.5. The molecule has 1 aliphatic heterocycles. The number of hydrogen-bond acceptors (Lipinski definition) is 5. The third-order valence-corrected chi connectivity index (χ3v) is 4.59. The van der Waals surface area contributed by atoms with Gasteiger partial charge >= 0.3 is 0 Å². The van der Waals surface area contributed by atoms with Crippen molar-refractivity contribution in [2.75, 3.05) is 0 Å². The molecule has 0 radical (unpaired) electrons. The van der Waals surface area contributed by atoms with Crippen molar-refractivity contribution < 1.29 is 4.92 Å². The Labute approximate surface area is 162 Å². The Hall–Kier alpha value is -3.80. The molecule has 0 aromatic heterocycles. The first-order valence-electron chi connectivity index (χ1n) is 8.86. The minimum atomic E-state index is -0.409. The van der Waals surface area contributed by atoms with Crippen LogP contribution in [0.3, 0.4) is 0 Å². The number of nitrogens with zero attached hydrogens (tertiary/aromatic N) is 3. The maximum absolute atomic E-state index is 11.0. The molecule has 0 fully saturated rings. The number of aryl methyl sites for hydroxylation is 2. The van der Waals surface area contributed by atoms with Gasteiger partial charge in [0, 0.05) is 28.8 Å². The molecular formula is C22H18N4O2. The van der Waals surface area contributed by atoms with Gasteiger partial charge in [0.2, 0.25) is 0 Å². The quantitative estimate of drug-likeness (QED) is 0.538. The van der Waals surface area contributed by atoms with E-state index in [-0.39, 0.29) is 5.69 Å². The van der Waals surface area contributed by atoms with Gasteiger partial charge in [0.15, 0.2) is 5.84 Å². The van der Waals surface area contributed by atoms with Gasteiger partial charge in [-0.1, -0.05) is 41.5 Å². The number of nitro groups is 1. The Morgan fingerprint density at radius 1 is 0.857 bits per heavy atom. The molecule has 6 nitrogen and oxygen atoms in total. The molecule has 0 amide bonds. The van der Waals surface area contributed by atoms with Crippen LogP contribution in [0.25, 0.3) is 0 Å². The summed E-state index contributed by atoms with van der Waals surface area (Å²) >= 11 is 0. The largest absolute Gasteiger partial charge is 0.269 e. The van der Waals surface area contributed by atoms with Crippen molar-refractivity contribution in [2.45, 2.75) is 13.8 Å². The maximum Gasteiger partial charge on any atom is 0.269 e. The Morgan fingerprint density at radius 2 is 1.50 bits per heavy atom. The molecule has 1 heterocycles. The van der Waals surface area contributed by atoms with Crippen LogP contribution in [-0.4, -0.2) is 16.5 Å². The standard InChI is InChI=1S/C22H18N4O2/c1-14-3-6-17(7-4-14)22-23-20-12-5-15(2)13-19(20)21(24-25-22)16-8-10-18(11-9-16)26(27)28/h3-13H,1-2H3,(H,23,25). The second-order valence-corrected chi connectivity index (χ2v) is 6.72. The van der Waals surface area contributed by atoms with Crippen molar-refractivity contribution in [1.29, 1.82) is 0 Å². The smallest absolute Gasteiger partial charge is 0.260 e. The SMILES string of the molecule is Cc1ccc(C2=Nc3ccc(C)cc3C(c3ccc([N+](=O)[O-])cc3)=NN2)cc1. The summed E-state index contributed by atoms with van der Waals surface area (Å²) in [6.07, 6.45) is 0. The van der Waals surface area contributed by atoms with Crippen molar-refractivity contribution in [3.8, 4) is 0 Å². The summed E-state index contributed by atoms with van der Waals surface area (Å²) in [6, 6.07) is 20.5. The number of rotatable bonds is 3. The van der Waals surface area contributed by atoms with Crippen LogP contribution < -0.4 is 5.43 Å². The molecule has 0 aliphatic carbocycles.